The predicted molar refractivity (Wildman–Crippen MR) is 189 cm³/mol. The Bertz CT molecular complexity index is 2080. The lowest BCUT2D eigenvalue weighted by molar-refractivity contribution is 0.0696. The molecule has 0 saturated carbocycles. The lowest BCUT2D eigenvalue weighted by Gasteiger charge is -2.18. The number of hydrogen-bond donors (Lipinski definition) is 1. The molecule has 0 atom stereocenters. The van der Waals surface area contributed by atoms with Crippen LogP contribution < -0.4 is 19.8 Å². The number of carbonyl (C=O) groups is 1. The molecule has 1 aromatic heterocycles. The molecular formula is C39H39N3O6. The molecule has 0 saturated heterocycles. The Labute approximate surface area is 279 Å². The first-order valence-electron chi connectivity index (χ1n) is 15.8. The first kappa shape index (κ1) is 33.7. The lowest BCUT2D eigenvalue weighted by Crippen LogP contribution is -2.21. The highest BCUT2D eigenvalue weighted by Gasteiger charge is 2.19. The van der Waals surface area contributed by atoms with Crippen LogP contribution >= 0.6 is 0 Å². The molecule has 0 bridgehead atoms. The Morgan fingerprint density at radius 1 is 1.04 bits per heavy atom. The van der Waals surface area contributed by atoms with E-state index in [0.717, 1.165) is 28.0 Å². The maximum atomic E-state index is 14.0. The van der Waals surface area contributed by atoms with Gasteiger partial charge in [0, 0.05) is 11.1 Å². The number of allylic oxidation sites excluding steroid dienone is 1. The number of aryl methyl sites for hydroxylation is 1. The molecule has 0 amide bonds. The fourth-order valence-corrected chi connectivity index (χ4v) is 5.53. The molecule has 0 aliphatic rings. The maximum absolute atomic E-state index is 14.0. The predicted octanol–water partition coefficient (Wildman–Crippen LogP) is 7.79. The van der Waals surface area contributed by atoms with E-state index in [0.29, 0.717) is 52.4 Å². The van der Waals surface area contributed by atoms with Gasteiger partial charge < -0.3 is 19.3 Å². The van der Waals surface area contributed by atoms with E-state index in [1.807, 2.05) is 44.2 Å². The van der Waals surface area contributed by atoms with E-state index in [2.05, 4.69) is 20.4 Å². The van der Waals surface area contributed by atoms with Crippen molar-refractivity contribution in [3.8, 4) is 28.6 Å². The van der Waals surface area contributed by atoms with E-state index in [9.17, 15) is 14.7 Å². The summed E-state index contributed by atoms with van der Waals surface area (Å²) in [6, 6.07) is 21.5. The van der Waals surface area contributed by atoms with Gasteiger partial charge in [0.2, 0.25) is 0 Å². The number of carboxylic acid groups (broad SMARTS) is 1. The molecule has 0 unspecified atom stereocenters. The van der Waals surface area contributed by atoms with Crippen LogP contribution in [-0.4, -0.2) is 40.7 Å². The molecule has 5 aromatic rings. The first-order chi connectivity index (χ1) is 23.1. The summed E-state index contributed by atoms with van der Waals surface area (Å²) in [5, 5.41) is 14.5. The topological polar surface area (TPSA) is 112 Å². The van der Waals surface area contributed by atoms with Crippen molar-refractivity contribution in [2.45, 2.75) is 46.6 Å². The molecule has 0 fully saturated rings. The van der Waals surface area contributed by atoms with Crippen LogP contribution in [0.5, 0.6) is 17.2 Å². The van der Waals surface area contributed by atoms with Crippen molar-refractivity contribution in [1.82, 2.24) is 9.66 Å². The van der Waals surface area contributed by atoms with Gasteiger partial charge in [-0.25, -0.2) is 9.78 Å². The third kappa shape index (κ3) is 7.15. The van der Waals surface area contributed by atoms with Gasteiger partial charge in [-0.15, -0.1) is 6.58 Å². The van der Waals surface area contributed by atoms with Gasteiger partial charge in [0.1, 0.15) is 12.4 Å². The summed E-state index contributed by atoms with van der Waals surface area (Å²) in [5.41, 5.74) is 5.31. The second-order valence-corrected chi connectivity index (χ2v) is 11.6. The molecule has 0 spiro atoms. The summed E-state index contributed by atoms with van der Waals surface area (Å²) in [7, 11) is 1.54. The molecule has 5 rings (SSSR count). The van der Waals surface area contributed by atoms with Crippen LogP contribution in [0.1, 0.15) is 64.9 Å². The molecule has 4 aromatic carbocycles. The Hall–Kier alpha value is -5.70. The monoisotopic (exact) mass is 645 g/mol. The fraction of sp³-hybridized carbons (Fsp3) is 0.231. The van der Waals surface area contributed by atoms with Gasteiger partial charge in [-0.3, -0.25) is 4.79 Å². The molecule has 1 heterocycles. The average Bonchev–Trinajstić information content (AvgIpc) is 3.07. The number of carboxylic acids is 1. The lowest BCUT2D eigenvalue weighted by atomic mass is 9.96. The highest BCUT2D eigenvalue weighted by Crippen LogP contribution is 2.36. The average molecular weight is 646 g/mol. The number of ether oxygens (including phenoxy) is 3. The number of rotatable bonds is 13. The van der Waals surface area contributed by atoms with Crippen molar-refractivity contribution in [2.75, 3.05) is 13.7 Å². The molecular weight excluding hydrogens is 606 g/mol. The van der Waals surface area contributed by atoms with E-state index in [1.54, 1.807) is 55.8 Å². The Morgan fingerprint density at radius 2 is 1.83 bits per heavy atom. The number of fused-ring (bicyclic) bond motifs is 1. The third-order valence-corrected chi connectivity index (χ3v) is 7.89. The largest absolute Gasteiger partial charge is 0.494 e. The number of para-hydroxylation sites is 1. The van der Waals surface area contributed by atoms with Crippen molar-refractivity contribution in [2.24, 2.45) is 5.10 Å². The van der Waals surface area contributed by atoms with Crippen LogP contribution in [0.15, 0.2) is 95.3 Å². The molecule has 0 aliphatic heterocycles. The standard InChI is InChI=1S/C39H39N3O6/c1-7-12-28-19-27(20-35(46-6)36(28)48-23-26-13-11-14-29(18-26)39(44)45)22-40-42-37(41-33-16-10-9-15-30(33)38(42)43)32-21-31(24(3)4)34(47-8-2)17-25(32)5/h7,9-11,13-22,24H,1,8,12,23H2,2-6H3,(H,44,45). The van der Waals surface area contributed by atoms with Crippen molar-refractivity contribution in [1.29, 1.82) is 0 Å². The van der Waals surface area contributed by atoms with Crippen LogP contribution in [0.4, 0.5) is 0 Å². The molecule has 0 radical (unpaired) electrons. The number of nitrogens with zero attached hydrogens (tertiary/aromatic N) is 3. The third-order valence-electron chi connectivity index (χ3n) is 7.89. The van der Waals surface area contributed by atoms with Crippen molar-refractivity contribution in [3.63, 3.8) is 0 Å². The minimum absolute atomic E-state index is 0.135. The van der Waals surface area contributed by atoms with Crippen LogP contribution in [0.3, 0.4) is 0 Å². The van der Waals surface area contributed by atoms with Gasteiger partial charge in [0.05, 0.1) is 36.4 Å². The molecule has 1 N–H and O–H groups in total. The Morgan fingerprint density at radius 3 is 2.54 bits per heavy atom. The van der Waals surface area contributed by atoms with Gasteiger partial charge in [-0.1, -0.05) is 44.2 Å². The Balaban J connectivity index is 1.60. The van der Waals surface area contributed by atoms with E-state index < -0.39 is 5.97 Å². The van der Waals surface area contributed by atoms with Crippen LogP contribution in [0.2, 0.25) is 0 Å². The van der Waals surface area contributed by atoms with Crippen LogP contribution in [0, 0.1) is 6.92 Å². The van der Waals surface area contributed by atoms with Gasteiger partial charge in [-0.05, 0) is 97.0 Å². The van der Waals surface area contributed by atoms with Crippen molar-refractivity contribution in [3.05, 3.63) is 129 Å². The zero-order valence-electron chi connectivity index (χ0n) is 27.8. The summed E-state index contributed by atoms with van der Waals surface area (Å²) in [5.74, 6) is 1.36. The summed E-state index contributed by atoms with van der Waals surface area (Å²) < 4.78 is 19.2. The molecule has 0 aliphatic carbocycles. The molecule has 48 heavy (non-hydrogen) atoms. The second kappa shape index (κ2) is 14.8. The summed E-state index contributed by atoms with van der Waals surface area (Å²) >= 11 is 0. The van der Waals surface area contributed by atoms with Crippen LogP contribution in [-0.2, 0) is 13.0 Å². The number of hydrogen-bond acceptors (Lipinski definition) is 7. The maximum Gasteiger partial charge on any atom is 0.335 e. The van der Waals surface area contributed by atoms with E-state index in [4.69, 9.17) is 24.3 Å². The van der Waals surface area contributed by atoms with Crippen molar-refractivity contribution >= 4 is 23.1 Å². The summed E-state index contributed by atoms with van der Waals surface area (Å²) in [4.78, 5) is 30.3. The molecule has 246 valence electrons. The zero-order valence-corrected chi connectivity index (χ0v) is 27.8. The summed E-state index contributed by atoms with van der Waals surface area (Å²) in [6.07, 6.45) is 3.82. The normalized spacial score (nSPS) is 11.3. The Kier molecular flexibility index (Phi) is 10.4. The van der Waals surface area contributed by atoms with E-state index in [-0.39, 0.29) is 23.6 Å². The van der Waals surface area contributed by atoms with Gasteiger partial charge in [0.15, 0.2) is 17.3 Å². The van der Waals surface area contributed by atoms with Crippen molar-refractivity contribution < 1.29 is 24.1 Å². The zero-order chi connectivity index (χ0) is 34.4. The van der Waals surface area contributed by atoms with Gasteiger partial charge >= 0.3 is 5.97 Å². The SMILES string of the molecule is C=CCc1cc(C=Nn2c(-c3cc(C(C)C)c(OCC)cc3C)nc3ccccc3c2=O)cc(OC)c1OCc1cccc(C(=O)O)c1. The fourth-order valence-electron chi connectivity index (χ4n) is 5.53. The number of aromatic nitrogens is 2. The van der Waals surface area contributed by atoms with Gasteiger partial charge in [0.25, 0.3) is 5.56 Å². The number of aromatic carboxylic acids is 1. The smallest absolute Gasteiger partial charge is 0.335 e. The number of benzene rings is 4. The van der Waals surface area contributed by atoms with Gasteiger partial charge in [-0.2, -0.15) is 9.78 Å². The molecule has 9 heteroatoms. The minimum atomic E-state index is -1.01. The highest BCUT2D eigenvalue weighted by atomic mass is 16.5. The minimum Gasteiger partial charge on any atom is -0.494 e. The first-order valence-corrected chi connectivity index (χ1v) is 15.8. The summed E-state index contributed by atoms with van der Waals surface area (Å²) in [6.45, 7) is 12.7. The number of methoxy groups -OCH3 is 1. The second-order valence-electron chi connectivity index (χ2n) is 11.6. The highest BCUT2D eigenvalue weighted by molar-refractivity contribution is 5.87. The van der Waals surface area contributed by atoms with E-state index >= 15 is 0 Å². The van der Waals surface area contributed by atoms with Crippen LogP contribution in [0.25, 0.3) is 22.3 Å². The van der Waals surface area contributed by atoms with E-state index in [1.165, 1.54) is 10.7 Å². The molecule has 9 nitrogen and oxygen atoms in total. The quantitative estimate of drug-likeness (QED) is 0.103.